The number of amides is 2. The summed E-state index contributed by atoms with van der Waals surface area (Å²) in [6.45, 7) is 4.60. The van der Waals surface area contributed by atoms with E-state index in [9.17, 15) is 9.59 Å². The van der Waals surface area contributed by atoms with Crippen molar-refractivity contribution in [2.24, 2.45) is 0 Å². The minimum Gasteiger partial charge on any atom is -0.336 e. The number of urea groups is 1. The van der Waals surface area contributed by atoms with Gasteiger partial charge in [0.1, 0.15) is 0 Å². The molecule has 0 aliphatic carbocycles. The molecule has 2 aromatic rings. The summed E-state index contributed by atoms with van der Waals surface area (Å²) in [4.78, 5) is 23.2. The Morgan fingerprint density at radius 2 is 2.10 bits per heavy atom. The molecule has 21 heavy (non-hydrogen) atoms. The molecule has 1 aromatic heterocycles. The van der Waals surface area contributed by atoms with Crippen molar-refractivity contribution in [3.8, 4) is 0 Å². The summed E-state index contributed by atoms with van der Waals surface area (Å²) in [7, 11) is 0. The zero-order valence-corrected chi connectivity index (χ0v) is 12.1. The Morgan fingerprint density at radius 3 is 2.81 bits per heavy atom. The van der Waals surface area contributed by atoms with Crippen molar-refractivity contribution in [1.29, 1.82) is 0 Å². The molecule has 0 saturated carbocycles. The van der Waals surface area contributed by atoms with Crippen molar-refractivity contribution < 1.29 is 4.79 Å². The van der Waals surface area contributed by atoms with Crippen LogP contribution in [0.15, 0.2) is 41.3 Å². The van der Waals surface area contributed by atoms with E-state index in [4.69, 9.17) is 0 Å². The van der Waals surface area contributed by atoms with Crippen LogP contribution in [0, 0.1) is 13.8 Å². The Kier molecular flexibility index (Phi) is 4.71. The monoisotopic (exact) mass is 286 g/mol. The van der Waals surface area contributed by atoms with Crippen LogP contribution in [0.1, 0.15) is 11.1 Å². The largest absolute Gasteiger partial charge is 0.336 e. The minimum atomic E-state index is -0.300. The maximum Gasteiger partial charge on any atom is 0.319 e. The first-order valence-corrected chi connectivity index (χ1v) is 6.70. The summed E-state index contributed by atoms with van der Waals surface area (Å²) >= 11 is 0. The van der Waals surface area contributed by atoms with Crippen LogP contribution in [-0.4, -0.2) is 22.4 Å². The van der Waals surface area contributed by atoms with E-state index in [1.165, 1.54) is 16.9 Å². The number of aromatic nitrogens is 2. The fourth-order valence-corrected chi connectivity index (χ4v) is 1.95. The van der Waals surface area contributed by atoms with Gasteiger partial charge < -0.3 is 10.6 Å². The first-order valence-electron chi connectivity index (χ1n) is 6.70. The topological polar surface area (TPSA) is 76.0 Å². The van der Waals surface area contributed by atoms with Gasteiger partial charge in [-0.2, -0.15) is 5.10 Å². The molecular formula is C15H18N4O2. The van der Waals surface area contributed by atoms with Gasteiger partial charge in [0.05, 0.1) is 6.54 Å². The second kappa shape index (κ2) is 6.69. The normalized spacial score (nSPS) is 10.2. The molecule has 1 heterocycles. The number of hydrogen-bond donors (Lipinski definition) is 2. The highest BCUT2D eigenvalue weighted by Gasteiger charge is 2.04. The fraction of sp³-hybridized carbons (Fsp3) is 0.267. The van der Waals surface area contributed by atoms with Gasteiger partial charge in [0.25, 0.3) is 5.56 Å². The first-order chi connectivity index (χ1) is 10.1. The van der Waals surface area contributed by atoms with Crippen molar-refractivity contribution in [3.05, 3.63) is 58.0 Å². The molecule has 0 radical (unpaired) electrons. The van der Waals surface area contributed by atoms with Crippen molar-refractivity contribution in [2.45, 2.75) is 20.4 Å². The number of nitrogens with zero attached hydrogens (tertiary/aromatic N) is 2. The number of carbonyl (C=O) groups excluding carboxylic acids is 1. The molecule has 6 nitrogen and oxygen atoms in total. The lowest BCUT2D eigenvalue weighted by atomic mass is 10.1. The zero-order chi connectivity index (χ0) is 15.2. The van der Waals surface area contributed by atoms with Gasteiger partial charge in [-0.3, -0.25) is 4.79 Å². The second-order valence-electron chi connectivity index (χ2n) is 4.78. The number of rotatable bonds is 4. The van der Waals surface area contributed by atoms with Gasteiger partial charge >= 0.3 is 6.03 Å². The van der Waals surface area contributed by atoms with Crippen molar-refractivity contribution in [1.82, 2.24) is 15.1 Å². The van der Waals surface area contributed by atoms with Crippen LogP contribution in [0.3, 0.4) is 0 Å². The quantitative estimate of drug-likeness (QED) is 0.898. The lowest BCUT2D eigenvalue weighted by molar-refractivity contribution is 0.251. The fourth-order valence-electron chi connectivity index (χ4n) is 1.95. The van der Waals surface area contributed by atoms with Gasteiger partial charge in [0.15, 0.2) is 0 Å². The van der Waals surface area contributed by atoms with E-state index in [-0.39, 0.29) is 11.6 Å². The van der Waals surface area contributed by atoms with E-state index in [2.05, 4.69) is 15.7 Å². The molecule has 0 atom stereocenters. The van der Waals surface area contributed by atoms with Crippen LogP contribution >= 0.6 is 0 Å². The molecule has 1 aromatic carbocycles. The van der Waals surface area contributed by atoms with Crippen LogP contribution in [0.2, 0.25) is 0 Å². The van der Waals surface area contributed by atoms with Gasteiger partial charge in [-0.15, -0.1) is 0 Å². The highest BCUT2D eigenvalue weighted by Crippen LogP contribution is 2.15. The van der Waals surface area contributed by atoms with Gasteiger partial charge in [0.2, 0.25) is 0 Å². The average Bonchev–Trinajstić information content (AvgIpc) is 2.44. The zero-order valence-electron chi connectivity index (χ0n) is 12.1. The Morgan fingerprint density at radius 1 is 1.29 bits per heavy atom. The van der Waals surface area contributed by atoms with E-state index in [1.54, 1.807) is 6.07 Å². The molecule has 0 saturated heterocycles. The molecular weight excluding hydrogens is 268 g/mol. The smallest absolute Gasteiger partial charge is 0.319 e. The van der Waals surface area contributed by atoms with Crippen LogP contribution in [0.4, 0.5) is 10.5 Å². The highest BCUT2D eigenvalue weighted by atomic mass is 16.2. The number of anilines is 1. The summed E-state index contributed by atoms with van der Waals surface area (Å²) in [5.74, 6) is 0. The van der Waals surface area contributed by atoms with Crippen molar-refractivity contribution in [2.75, 3.05) is 11.9 Å². The van der Waals surface area contributed by atoms with Crippen molar-refractivity contribution >= 4 is 11.7 Å². The van der Waals surface area contributed by atoms with E-state index in [0.29, 0.717) is 13.1 Å². The van der Waals surface area contributed by atoms with Crippen LogP contribution in [0.25, 0.3) is 0 Å². The molecule has 2 amide bonds. The number of aryl methyl sites for hydroxylation is 2. The molecule has 6 heteroatoms. The van der Waals surface area contributed by atoms with E-state index in [0.717, 1.165) is 16.8 Å². The third kappa shape index (κ3) is 4.17. The number of benzene rings is 1. The molecule has 0 spiro atoms. The van der Waals surface area contributed by atoms with Crippen LogP contribution in [-0.2, 0) is 6.54 Å². The Bertz CT molecular complexity index is 694. The molecule has 0 aliphatic rings. The molecule has 0 fully saturated rings. The molecule has 2 N–H and O–H groups in total. The lowest BCUT2D eigenvalue weighted by Gasteiger charge is -2.10. The van der Waals surface area contributed by atoms with Crippen LogP contribution in [0.5, 0.6) is 0 Å². The molecule has 110 valence electrons. The predicted molar refractivity (Wildman–Crippen MR) is 81.4 cm³/mol. The van der Waals surface area contributed by atoms with Gasteiger partial charge in [0, 0.05) is 24.5 Å². The van der Waals surface area contributed by atoms with Crippen molar-refractivity contribution in [3.63, 3.8) is 0 Å². The van der Waals surface area contributed by atoms with Gasteiger partial charge in [-0.1, -0.05) is 17.7 Å². The maximum absolute atomic E-state index is 11.8. The second-order valence-corrected chi connectivity index (χ2v) is 4.78. The maximum atomic E-state index is 11.8. The van der Waals surface area contributed by atoms with E-state index < -0.39 is 0 Å². The standard InChI is InChI=1S/C15H18N4O2/c1-11-5-6-13(12(2)10-11)18-15(21)16-8-9-19-14(20)4-3-7-17-19/h3-7,10H,8-9H2,1-2H3,(H2,16,18,21). The highest BCUT2D eigenvalue weighted by molar-refractivity contribution is 5.90. The Labute approximate surface area is 122 Å². The number of nitrogens with one attached hydrogen (secondary N) is 2. The van der Waals surface area contributed by atoms with Crippen LogP contribution < -0.4 is 16.2 Å². The van der Waals surface area contributed by atoms with E-state index in [1.807, 2.05) is 32.0 Å². The molecule has 0 bridgehead atoms. The first kappa shape index (κ1) is 14.8. The molecule has 0 unspecified atom stereocenters. The average molecular weight is 286 g/mol. The number of carbonyl (C=O) groups is 1. The Hall–Kier alpha value is -2.63. The summed E-state index contributed by atoms with van der Waals surface area (Å²) < 4.78 is 1.30. The van der Waals surface area contributed by atoms with Gasteiger partial charge in [-0.05, 0) is 31.5 Å². The lowest BCUT2D eigenvalue weighted by Crippen LogP contribution is -2.34. The summed E-state index contributed by atoms with van der Waals surface area (Å²) in [5, 5.41) is 9.39. The number of hydrogen-bond acceptors (Lipinski definition) is 3. The SMILES string of the molecule is Cc1ccc(NC(=O)NCCn2ncccc2=O)c(C)c1. The minimum absolute atomic E-state index is 0.186. The summed E-state index contributed by atoms with van der Waals surface area (Å²) in [6, 6.07) is 8.53. The summed E-state index contributed by atoms with van der Waals surface area (Å²) in [6.07, 6.45) is 1.54. The third-order valence-corrected chi connectivity index (χ3v) is 3.02. The van der Waals surface area contributed by atoms with Gasteiger partial charge in [-0.25, -0.2) is 9.48 Å². The Balaban J connectivity index is 1.85. The van der Waals surface area contributed by atoms with E-state index >= 15 is 0 Å². The molecule has 2 rings (SSSR count). The third-order valence-electron chi connectivity index (χ3n) is 3.02. The predicted octanol–water partition coefficient (Wildman–Crippen LogP) is 1.68. The summed E-state index contributed by atoms with van der Waals surface area (Å²) in [5.41, 5.74) is 2.74. The molecule has 0 aliphatic heterocycles.